The van der Waals surface area contributed by atoms with Crippen molar-refractivity contribution in [2.75, 3.05) is 26.7 Å². The van der Waals surface area contributed by atoms with Gasteiger partial charge in [0.05, 0.1) is 12.6 Å². The molecule has 1 aromatic rings. The maximum absolute atomic E-state index is 11.8. The van der Waals surface area contributed by atoms with Crippen LogP contribution in [-0.4, -0.2) is 53.4 Å². The molecule has 98 valence electrons. The number of pyridine rings is 1. The summed E-state index contributed by atoms with van der Waals surface area (Å²) in [6.45, 7) is 4.00. The number of nitrogens with zero attached hydrogens (tertiary/aromatic N) is 3. The predicted molar refractivity (Wildman–Crippen MR) is 69.8 cm³/mol. The van der Waals surface area contributed by atoms with Crippen molar-refractivity contribution in [1.82, 2.24) is 14.8 Å². The smallest absolute Gasteiger partial charge is 0.236 e. The average molecular weight is 248 g/mol. The third-order valence-electron chi connectivity index (χ3n) is 3.40. The van der Waals surface area contributed by atoms with Gasteiger partial charge in [-0.3, -0.25) is 14.7 Å². The van der Waals surface area contributed by atoms with E-state index in [9.17, 15) is 4.79 Å². The second-order valence-corrected chi connectivity index (χ2v) is 4.88. The van der Waals surface area contributed by atoms with Gasteiger partial charge in [-0.1, -0.05) is 6.07 Å². The third-order valence-corrected chi connectivity index (χ3v) is 3.40. The van der Waals surface area contributed by atoms with Crippen LogP contribution in [0.5, 0.6) is 0 Å². The van der Waals surface area contributed by atoms with E-state index in [1.807, 2.05) is 32.3 Å². The van der Waals surface area contributed by atoms with Crippen LogP contribution >= 0.6 is 0 Å². The van der Waals surface area contributed by atoms with Gasteiger partial charge >= 0.3 is 0 Å². The van der Waals surface area contributed by atoms with Gasteiger partial charge in [-0.25, -0.2) is 0 Å². The molecule has 1 saturated heterocycles. The van der Waals surface area contributed by atoms with Gasteiger partial charge in [0.1, 0.15) is 0 Å². The monoisotopic (exact) mass is 248 g/mol. The van der Waals surface area contributed by atoms with Gasteiger partial charge in [0.25, 0.3) is 0 Å². The molecular formula is C13H20N4O. The fraction of sp³-hybridized carbons (Fsp3) is 0.538. The molecule has 2 unspecified atom stereocenters. The van der Waals surface area contributed by atoms with Crippen molar-refractivity contribution in [3.05, 3.63) is 30.1 Å². The molecule has 2 heterocycles. The summed E-state index contributed by atoms with van der Waals surface area (Å²) in [7, 11) is 1.84. The van der Waals surface area contributed by atoms with E-state index in [1.165, 1.54) is 0 Å². The molecule has 0 spiro atoms. The summed E-state index contributed by atoms with van der Waals surface area (Å²) in [4.78, 5) is 19.8. The molecule has 18 heavy (non-hydrogen) atoms. The van der Waals surface area contributed by atoms with E-state index in [2.05, 4.69) is 9.88 Å². The Morgan fingerprint density at radius 3 is 2.78 bits per heavy atom. The summed E-state index contributed by atoms with van der Waals surface area (Å²) in [6, 6.07) is 3.94. The number of aromatic nitrogens is 1. The quantitative estimate of drug-likeness (QED) is 0.832. The summed E-state index contributed by atoms with van der Waals surface area (Å²) >= 11 is 0. The Kier molecular flexibility index (Phi) is 3.93. The summed E-state index contributed by atoms with van der Waals surface area (Å²) in [5.74, 6) is 0.149. The van der Waals surface area contributed by atoms with E-state index >= 15 is 0 Å². The second kappa shape index (κ2) is 5.46. The molecule has 5 nitrogen and oxygen atoms in total. The number of likely N-dealkylation sites (N-methyl/N-ethyl adjacent to an activating group) is 1. The van der Waals surface area contributed by atoms with E-state index < -0.39 is 0 Å². The summed E-state index contributed by atoms with van der Waals surface area (Å²) < 4.78 is 0. The highest BCUT2D eigenvalue weighted by Crippen LogP contribution is 2.24. The highest BCUT2D eigenvalue weighted by Gasteiger charge is 2.30. The Morgan fingerprint density at radius 1 is 1.44 bits per heavy atom. The lowest BCUT2D eigenvalue weighted by Crippen LogP contribution is -2.52. The van der Waals surface area contributed by atoms with Crippen molar-refractivity contribution >= 4 is 5.91 Å². The van der Waals surface area contributed by atoms with Gasteiger partial charge in [0.2, 0.25) is 5.91 Å². The normalized spacial score (nSPS) is 20.8. The van der Waals surface area contributed by atoms with Crippen LogP contribution in [-0.2, 0) is 4.79 Å². The molecule has 0 aliphatic carbocycles. The van der Waals surface area contributed by atoms with Crippen molar-refractivity contribution in [2.45, 2.75) is 19.0 Å². The van der Waals surface area contributed by atoms with Crippen molar-refractivity contribution < 1.29 is 4.79 Å². The minimum absolute atomic E-state index is 0.0367. The molecule has 0 aromatic carbocycles. The minimum atomic E-state index is -0.0367. The van der Waals surface area contributed by atoms with Gasteiger partial charge in [-0.05, 0) is 18.6 Å². The van der Waals surface area contributed by atoms with Crippen molar-refractivity contribution in [3.8, 4) is 0 Å². The fourth-order valence-corrected chi connectivity index (χ4v) is 2.41. The Balaban J connectivity index is 2.19. The van der Waals surface area contributed by atoms with E-state index in [4.69, 9.17) is 5.73 Å². The van der Waals surface area contributed by atoms with E-state index in [0.29, 0.717) is 6.54 Å². The van der Waals surface area contributed by atoms with Gasteiger partial charge < -0.3 is 10.6 Å². The van der Waals surface area contributed by atoms with Gasteiger partial charge in [-0.15, -0.1) is 0 Å². The summed E-state index contributed by atoms with van der Waals surface area (Å²) in [6.07, 6.45) is 3.58. The number of rotatable bonds is 3. The Bertz CT molecular complexity index is 407. The first-order chi connectivity index (χ1) is 8.59. The van der Waals surface area contributed by atoms with E-state index in [-0.39, 0.29) is 18.0 Å². The molecule has 1 amide bonds. The number of piperazine rings is 1. The zero-order chi connectivity index (χ0) is 13.1. The number of nitrogens with two attached hydrogens (primary N) is 1. The van der Waals surface area contributed by atoms with Crippen LogP contribution in [0.2, 0.25) is 0 Å². The first kappa shape index (κ1) is 13.0. The molecule has 1 aromatic heterocycles. The standard InChI is InChI=1S/C13H20N4O/c1-10(14)13(11-4-3-5-15-8-11)17-7-6-16(2)12(18)9-17/h3-5,8,10,13H,6-7,9,14H2,1-2H3. The largest absolute Gasteiger partial charge is 0.343 e. The Labute approximate surface area is 108 Å². The van der Waals surface area contributed by atoms with Crippen LogP contribution in [0.25, 0.3) is 0 Å². The lowest BCUT2D eigenvalue weighted by atomic mass is 10.00. The zero-order valence-corrected chi connectivity index (χ0v) is 10.9. The first-order valence-electron chi connectivity index (χ1n) is 6.23. The number of carbonyl (C=O) groups is 1. The molecular weight excluding hydrogens is 228 g/mol. The molecule has 1 aliphatic rings. The lowest BCUT2D eigenvalue weighted by molar-refractivity contribution is -0.135. The molecule has 1 aliphatic heterocycles. The molecule has 2 atom stereocenters. The van der Waals surface area contributed by atoms with Crippen LogP contribution in [0, 0.1) is 0 Å². The Hall–Kier alpha value is -1.46. The third kappa shape index (κ3) is 2.68. The molecule has 2 N–H and O–H groups in total. The number of hydrogen-bond donors (Lipinski definition) is 1. The first-order valence-corrected chi connectivity index (χ1v) is 6.23. The molecule has 2 rings (SSSR count). The minimum Gasteiger partial charge on any atom is -0.343 e. The highest BCUT2D eigenvalue weighted by molar-refractivity contribution is 5.78. The summed E-state index contributed by atoms with van der Waals surface area (Å²) in [5.41, 5.74) is 7.16. The Morgan fingerprint density at radius 2 is 2.22 bits per heavy atom. The van der Waals surface area contributed by atoms with E-state index in [0.717, 1.165) is 18.7 Å². The number of hydrogen-bond acceptors (Lipinski definition) is 4. The van der Waals surface area contributed by atoms with Crippen LogP contribution < -0.4 is 5.73 Å². The second-order valence-electron chi connectivity index (χ2n) is 4.88. The van der Waals surface area contributed by atoms with Crippen molar-refractivity contribution in [3.63, 3.8) is 0 Å². The van der Waals surface area contributed by atoms with Gasteiger partial charge in [-0.2, -0.15) is 0 Å². The van der Waals surface area contributed by atoms with Gasteiger partial charge in [0.15, 0.2) is 0 Å². The van der Waals surface area contributed by atoms with Gasteiger partial charge in [0, 0.05) is 38.6 Å². The van der Waals surface area contributed by atoms with Crippen LogP contribution in [0.15, 0.2) is 24.5 Å². The SMILES string of the molecule is CC(N)C(c1cccnc1)N1CCN(C)C(=O)C1. The number of amides is 1. The maximum Gasteiger partial charge on any atom is 0.236 e. The van der Waals surface area contributed by atoms with E-state index in [1.54, 1.807) is 11.1 Å². The highest BCUT2D eigenvalue weighted by atomic mass is 16.2. The molecule has 0 saturated carbocycles. The average Bonchev–Trinajstić information content (AvgIpc) is 2.35. The number of carbonyl (C=O) groups excluding carboxylic acids is 1. The fourth-order valence-electron chi connectivity index (χ4n) is 2.41. The zero-order valence-electron chi connectivity index (χ0n) is 10.9. The van der Waals surface area contributed by atoms with Crippen LogP contribution in [0.3, 0.4) is 0 Å². The van der Waals surface area contributed by atoms with Crippen LogP contribution in [0.4, 0.5) is 0 Å². The topological polar surface area (TPSA) is 62.5 Å². The molecule has 5 heteroatoms. The van der Waals surface area contributed by atoms with Crippen molar-refractivity contribution in [1.29, 1.82) is 0 Å². The lowest BCUT2D eigenvalue weighted by Gasteiger charge is -2.39. The van der Waals surface area contributed by atoms with Crippen molar-refractivity contribution in [2.24, 2.45) is 5.73 Å². The molecule has 1 fully saturated rings. The predicted octanol–water partition coefficient (Wildman–Crippen LogP) is 0.244. The van der Waals surface area contributed by atoms with Crippen LogP contribution in [0.1, 0.15) is 18.5 Å². The molecule has 0 radical (unpaired) electrons. The molecule has 0 bridgehead atoms. The summed E-state index contributed by atoms with van der Waals surface area (Å²) in [5, 5.41) is 0. The maximum atomic E-state index is 11.8.